The third-order valence-corrected chi connectivity index (χ3v) is 4.46. The average molecular weight is 346 g/mol. The fourth-order valence-electron chi connectivity index (χ4n) is 2.34. The van der Waals surface area contributed by atoms with Gasteiger partial charge in [-0.3, -0.25) is 0 Å². The predicted molar refractivity (Wildman–Crippen MR) is 102 cm³/mol. The summed E-state index contributed by atoms with van der Waals surface area (Å²) in [6.45, 7) is 5.74. The minimum absolute atomic E-state index is 0.641. The highest BCUT2D eigenvalue weighted by atomic mass is 32.2. The minimum Gasteiger partial charge on any atom is -0.493 e. The molecule has 1 aromatic carbocycles. The van der Waals surface area contributed by atoms with E-state index in [-0.39, 0.29) is 0 Å². The van der Waals surface area contributed by atoms with Gasteiger partial charge in [-0.25, -0.2) is 9.97 Å². The van der Waals surface area contributed by atoms with E-state index in [4.69, 9.17) is 4.74 Å². The van der Waals surface area contributed by atoms with Gasteiger partial charge in [0.2, 0.25) is 5.95 Å². The summed E-state index contributed by atoms with van der Waals surface area (Å²) in [7, 11) is 0. The van der Waals surface area contributed by atoms with Crippen molar-refractivity contribution in [2.45, 2.75) is 51.0 Å². The average Bonchev–Trinajstić information content (AvgIpc) is 2.61. The molecule has 1 heterocycles. The molecule has 1 aromatic heterocycles. The maximum atomic E-state index is 6.01. The molecule has 0 aliphatic carbocycles. The molecule has 0 aliphatic rings. The fraction of sp³-hybridized carbons (Fsp3) is 0.474. The SMILES string of the molecule is CCCCCCOc1cc(C)ccc1CNc1ncc(SC)cn1. The van der Waals surface area contributed by atoms with Gasteiger partial charge in [0.05, 0.1) is 6.61 Å². The fourth-order valence-corrected chi connectivity index (χ4v) is 2.66. The van der Waals surface area contributed by atoms with Gasteiger partial charge >= 0.3 is 0 Å². The summed E-state index contributed by atoms with van der Waals surface area (Å²) in [6, 6.07) is 6.33. The van der Waals surface area contributed by atoms with Crippen LogP contribution in [0.25, 0.3) is 0 Å². The van der Waals surface area contributed by atoms with Crippen molar-refractivity contribution >= 4 is 17.7 Å². The lowest BCUT2D eigenvalue weighted by atomic mass is 10.1. The minimum atomic E-state index is 0.641. The van der Waals surface area contributed by atoms with Crippen LogP contribution in [0, 0.1) is 6.92 Å². The van der Waals surface area contributed by atoms with E-state index in [0.717, 1.165) is 29.2 Å². The Morgan fingerprint density at radius 1 is 1.12 bits per heavy atom. The highest BCUT2D eigenvalue weighted by molar-refractivity contribution is 7.98. The first-order valence-corrected chi connectivity index (χ1v) is 9.77. The zero-order valence-corrected chi connectivity index (χ0v) is 15.7. The lowest BCUT2D eigenvalue weighted by Crippen LogP contribution is -2.07. The Labute approximate surface area is 149 Å². The van der Waals surface area contributed by atoms with Crippen LogP contribution >= 0.6 is 11.8 Å². The van der Waals surface area contributed by atoms with Crippen LogP contribution in [0.15, 0.2) is 35.5 Å². The number of nitrogens with one attached hydrogen (secondary N) is 1. The van der Waals surface area contributed by atoms with Crippen LogP contribution in [0.1, 0.15) is 43.7 Å². The van der Waals surface area contributed by atoms with Crippen molar-refractivity contribution in [1.29, 1.82) is 0 Å². The van der Waals surface area contributed by atoms with Crippen molar-refractivity contribution < 1.29 is 4.74 Å². The number of ether oxygens (including phenoxy) is 1. The number of unbranched alkanes of at least 4 members (excludes halogenated alkanes) is 3. The molecule has 0 saturated heterocycles. The lowest BCUT2D eigenvalue weighted by Gasteiger charge is -2.13. The third-order valence-electron chi connectivity index (χ3n) is 3.78. The topological polar surface area (TPSA) is 47.0 Å². The van der Waals surface area contributed by atoms with Crippen molar-refractivity contribution in [1.82, 2.24) is 9.97 Å². The number of rotatable bonds is 10. The van der Waals surface area contributed by atoms with Gasteiger partial charge in [0.1, 0.15) is 5.75 Å². The number of hydrogen-bond donors (Lipinski definition) is 1. The second-order valence-corrected chi connectivity index (χ2v) is 6.70. The van der Waals surface area contributed by atoms with E-state index in [9.17, 15) is 0 Å². The number of benzene rings is 1. The standard InChI is InChI=1S/C19H27N3OS/c1-4-5-6-7-10-23-18-11-15(2)8-9-16(18)12-20-19-21-13-17(24-3)14-22-19/h8-9,11,13-14H,4-7,10,12H2,1-3H3,(H,20,21,22). The summed E-state index contributed by atoms with van der Waals surface area (Å²) >= 11 is 1.64. The summed E-state index contributed by atoms with van der Waals surface area (Å²) in [5.74, 6) is 1.60. The summed E-state index contributed by atoms with van der Waals surface area (Å²) in [5, 5.41) is 3.27. The van der Waals surface area contributed by atoms with Crippen molar-refractivity contribution in [3.8, 4) is 5.75 Å². The number of hydrogen-bond acceptors (Lipinski definition) is 5. The molecule has 2 rings (SSSR count). The van der Waals surface area contributed by atoms with Crippen molar-refractivity contribution in [2.24, 2.45) is 0 Å². The monoisotopic (exact) mass is 345 g/mol. The van der Waals surface area contributed by atoms with Gasteiger partial charge in [-0.2, -0.15) is 0 Å². The molecule has 0 spiro atoms. The normalized spacial score (nSPS) is 10.6. The van der Waals surface area contributed by atoms with Crippen LogP contribution in [0.5, 0.6) is 5.75 Å². The van der Waals surface area contributed by atoms with Gasteiger partial charge in [0.25, 0.3) is 0 Å². The van der Waals surface area contributed by atoms with Gasteiger partial charge in [-0.1, -0.05) is 38.3 Å². The first-order chi connectivity index (χ1) is 11.7. The van der Waals surface area contributed by atoms with Crippen LogP contribution in [0.4, 0.5) is 5.95 Å². The van der Waals surface area contributed by atoms with Crippen LogP contribution in [0.2, 0.25) is 0 Å². The van der Waals surface area contributed by atoms with E-state index in [0.29, 0.717) is 12.5 Å². The van der Waals surface area contributed by atoms with E-state index in [1.54, 1.807) is 11.8 Å². The summed E-state index contributed by atoms with van der Waals surface area (Å²) in [6.07, 6.45) is 10.5. The molecule has 0 radical (unpaired) electrons. The molecule has 0 atom stereocenters. The van der Waals surface area contributed by atoms with Gasteiger partial charge in [-0.05, 0) is 31.2 Å². The molecule has 130 valence electrons. The molecule has 24 heavy (non-hydrogen) atoms. The Kier molecular flexibility index (Phi) is 7.89. The maximum Gasteiger partial charge on any atom is 0.222 e. The Hall–Kier alpha value is -1.75. The second kappa shape index (κ2) is 10.2. The van der Waals surface area contributed by atoms with E-state index >= 15 is 0 Å². The highest BCUT2D eigenvalue weighted by Crippen LogP contribution is 2.22. The molecule has 0 fully saturated rings. The molecule has 0 amide bonds. The van der Waals surface area contributed by atoms with Crippen LogP contribution in [0.3, 0.4) is 0 Å². The van der Waals surface area contributed by atoms with Crippen LogP contribution in [-0.4, -0.2) is 22.8 Å². The first-order valence-electron chi connectivity index (χ1n) is 8.55. The number of anilines is 1. The van der Waals surface area contributed by atoms with Gasteiger partial charge in [-0.15, -0.1) is 11.8 Å². The number of aromatic nitrogens is 2. The molecule has 2 aromatic rings. The maximum absolute atomic E-state index is 6.01. The highest BCUT2D eigenvalue weighted by Gasteiger charge is 2.06. The first kappa shape index (κ1) is 18.6. The van der Waals surface area contributed by atoms with Crippen molar-refractivity contribution in [2.75, 3.05) is 18.2 Å². The van der Waals surface area contributed by atoms with E-state index in [1.165, 1.54) is 24.8 Å². The summed E-state index contributed by atoms with van der Waals surface area (Å²) in [4.78, 5) is 9.71. The molecule has 0 bridgehead atoms. The summed E-state index contributed by atoms with van der Waals surface area (Å²) in [5.41, 5.74) is 2.34. The number of thioether (sulfide) groups is 1. The van der Waals surface area contributed by atoms with Crippen LogP contribution < -0.4 is 10.1 Å². The van der Waals surface area contributed by atoms with E-state index in [2.05, 4.69) is 47.3 Å². The third kappa shape index (κ3) is 6.04. The zero-order valence-electron chi connectivity index (χ0n) is 14.8. The molecule has 0 unspecified atom stereocenters. The van der Waals surface area contributed by atoms with Gasteiger partial charge in [0, 0.05) is 29.4 Å². The predicted octanol–water partition coefficient (Wildman–Crippen LogP) is 5.08. The van der Waals surface area contributed by atoms with Crippen molar-refractivity contribution in [3.05, 3.63) is 41.7 Å². The molecule has 1 N–H and O–H groups in total. The largest absolute Gasteiger partial charge is 0.493 e. The van der Waals surface area contributed by atoms with Crippen molar-refractivity contribution in [3.63, 3.8) is 0 Å². The molecule has 5 heteroatoms. The Balaban J connectivity index is 1.92. The molecular formula is C19H27N3OS. The molecule has 4 nitrogen and oxygen atoms in total. The Morgan fingerprint density at radius 2 is 1.92 bits per heavy atom. The zero-order chi connectivity index (χ0) is 17.2. The Bertz CT molecular complexity index is 617. The summed E-state index contributed by atoms with van der Waals surface area (Å²) < 4.78 is 6.01. The second-order valence-electron chi connectivity index (χ2n) is 5.82. The van der Waals surface area contributed by atoms with Crippen LogP contribution in [-0.2, 0) is 6.54 Å². The molecule has 0 aliphatic heterocycles. The number of aryl methyl sites for hydroxylation is 1. The Morgan fingerprint density at radius 3 is 2.62 bits per heavy atom. The lowest BCUT2D eigenvalue weighted by molar-refractivity contribution is 0.302. The van der Waals surface area contributed by atoms with E-state index in [1.807, 2.05) is 18.6 Å². The van der Waals surface area contributed by atoms with E-state index < -0.39 is 0 Å². The smallest absolute Gasteiger partial charge is 0.222 e. The quantitative estimate of drug-likeness (QED) is 0.481. The number of nitrogens with zero attached hydrogens (tertiary/aromatic N) is 2. The molecule has 0 saturated carbocycles. The van der Waals surface area contributed by atoms with Gasteiger partial charge in [0.15, 0.2) is 0 Å². The van der Waals surface area contributed by atoms with Gasteiger partial charge < -0.3 is 10.1 Å². The molecular weight excluding hydrogens is 318 g/mol.